The zero-order valence-electron chi connectivity index (χ0n) is 18.5. The highest BCUT2D eigenvalue weighted by Crippen LogP contribution is 2.24. The van der Waals surface area contributed by atoms with Crippen LogP contribution in [0.15, 0.2) is 18.2 Å². The summed E-state index contributed by atoms with van der Waals surface area (Å²) in [5.41, 5.74) is 2.48. The summed E-state index contributed by atoms with van der Waals surface area (Å²) >= 11 is 0. The molecular weight excluding hydrogens is 366 g/mol. The SMILES string of the molecule is Cc1cccc(C)c1C(=O)N1CCC(N2CC[C@@H](NC(=O)OC(C)(C)C)C2)CC1. The molecule has 3 rings (SSSR count). The minimum atomic E-state index is -0.475. The molecule has 29 heavy (non-hydrogen) atoms. The van der Waals surface area contributed by atoms with E-state index in [1.165, 1.54) is 0 Å². The van der Waals surface area contributed by atoms with Crippen LogP contribution in [0.2, 0.25) is 0 Å². The number of amides is 2. The second-order valence-corrected chi connectivity index (χ2v) is 9.42. The number of piperidine rings is 1. The third kappa shape index (κ3) is 5.50. The van der Waals surface area contributed by atoms with Gasteiger partial charge in [0.2, 0.25) is 0 Å². The highest BCUT2D eigenvalue weighted by atomic mass is 16.6. The van der Waals surface area contributed by atoms with Gasteiger partial charge in [0.05, 0.1) is 0 Å². The normalized spacial score (nSPS) is 21.3. The smallest absolute Gasteiger partial charge is 0.407 e. The maximum absolute atomic E-state index is 13.0. The molecule has 0 aromatic heterocycles. The van der Waals surface area contributed by atoms with E-state index in [0.29, 0.717) is 6.04 Å². The number of nitrogens with zero attached hydrogens (tertiary/aromatic N) is 2. The second-order valence-electron chi connectivity index (χ2n) is 9.42. The molecule has 2 saturated heterocycles. The first kappa shape index (κ1) is 21.6. The molecule has 6 heteroatoms. The predicted octanol–water partition coefficient (Wildman–Crippen LogP) is 3.51. The fraction of sp³-hybridized carbons (Fsp3) is 0.652. The van der Waals surface area contributed by atoms with Gasteiger partial charge in [-0.05, 0) is 65.0 Å². The van der Waals surface area contributed by atoms with Crippen molar-refractivity contribution in [3.05, 3.63) is 34.9 Å². The van der Waals surface area contributed by atoms with Crippen LogP contribution in [0, 0.1) is 13.8 Å². The predicted molar refractivity (Wildman–Crippen MR) is 114 cm³/mol. The summed E-state index contributed by atoms with van der Waals surface area (Å²) < 4.78 is 5.37. The van der Waals surface area contributed by atoms with Crippen molar-refractivity contribution in [1.82, 2.24) is 15.1 Å². The number of ether oxygens (including phenoxy) is 1. The van der Waals surface area contributed by atoms with Gasteiger partial charge in [-0.1, -0.05) is 18.2 Å². The van der Waals surface area contributed by atoms with Gasteiger partial charge in [-0.25, -0.2) is 4.79 Å². The minimum Gasteiger partial charge on any atom is -0.444 e. The number of benzene rings is 1. The number of nitrogens with one attached hydrogen (secondary N) is 1. The second kappa shape index (κ2) is 8.74. The van der Waals surface area contributed by atoms with E-state index in [4.69, 9.17) is 4.74 Å². The molecule has 1 aromatic carbocycles. The van der Waals surface area contributed by atoms with Crippen LogP contribution in [-0.4, -0.2) is 65.7 Å². The fourth-order valence-corrected chi connectivity index (χ4v) is 4.46. The monoisotopic (exact) mass is 401 g/mol. The summed E-state index contributed by atoms with van der Waals surface area (Å²) in [6.07, 6.45) is 2.57. The van der Waals surface area contributed by atoms with Crippen molar-refractivity contribution in [2.75, 3.05) is 26.2 Å². The van der Waals surface area contributed by atoms with Crippen molar-refractivity contribution in [2.45, 2.75) is 71.6 Å². The first-order chi connectivity index (χ1) is 13.6. The Morgan fingerprint density at radius 3 is 2.24 bits per heavy atom. The third-order valence-electron chi connectivity index (χ3n) is 5.90. The Labute approximate surface area is 174 Å². The molecule has 6 nitrogen and oxygen atoms in total. The number of aryl methyl sites for hydroxylation is 2. The van der Waals surface area contributed by atoms with Crippen LogP contribution in [0.3, 0.4) is 0 Å². The van der Waals surface area contributed by atoms with E-state index in [9.17, 15) is 9.59 Å². The van der Waals surface area contributed by atoms with E-state index in [1.54, 1.807) is 0 Å². The van der Waals surface area contributed by atoms with Gasteiger partial charge in [0, 0.05) is 43.8 Å². The fourth-order valence-electron chi connectivity index (χ4n) is 4.46. The molecule has 0 spiro atoms. The quantitative estimate of drug-likeness (QED) is 0.842. The van der Waals surface area contributed by atoms with Crippen LogP contribution < -0.4 is 5.32 Å². The zero-order chi connectivity index (χ0) is 21.2. The van der Waals surface area contributed by atoms with Gasteiger partial charge in [-0.15, -0.1) is 0 Å². The number of hydrogen-bond donors (Lipinski definition) is 1. The van der Waals surface area contributed by atoms with Crippen LogP contribution in [0.4, 0.5) is 4.79 Å². The van der Waals surface area contributed by atoms with Crippen LogP contribution >= 0.6 is 0 Å². The number of rotatable bonds is 3. The van der Waals surface area contributed by atoms with E-state index < -0.39 is 5.60 Å². The molecule has 1 atom stereocenters. The van der Waals surface area contributed by atoms with Crippen LogP contribution in [-0.2, 0) is 4.74 Å². The van der Waals surface area contributed by atoms with Crippen molar-refractivity contribution in [3.8, 4) is 0 Å². The van der Waals surface area contributed by atoms with Crippen molar-refractivity contribution >= 4 is 12.0 Å². The summed E-state index contributed by atoms with van der Waals surface area (Å²) in [7, 11) is 0. The Morgan fingerprint density at radius 2 is 1.66 bits per heavy atom. The molecule has 0 aliphatic carbocycles. The lowest BCUT2D eigenvalue weighted by Gasteiger charge is -2.37. The topological polar surface area (TPSA) is 61.9 Å². The van der Waals surface area contributed by atoms with Gasteiger partial charge in [-0.2, -0.15) is 0 Å². The first-order valence-electron chi connectivity index (χ1n) is 10.7. The Balaban J connectivity index is 1.49. The van der Waals surface area contributed by atoms with E-state index in [0.717, 1.165) is 62.1 Å². The van der Waals surface area contributed by atoms with Gasteiger partial charge < -0.3 is 15.0 Å². The van der Waals surface area contributed by atoms with Gasteiger partial charge in [0.25, 0.3) is 5.91 Å². The average Bonchev–Trinajstić information content (AvgIpc) is 3.08. The van der Waals surface area contributed by atoms with Crippen molar-refractivity contribution in [2.24, 2.45) is 0 Å². The number of alkyl carbamates (subject to hydrolysis) is 1. The average molecular weight is 402 g/mol. The molecule has 0 unspecified atom stereocenters. The van der Waals surface area contributed by atoms with Gasteiger partial charge in [-0.3, -0.25) is 9.69 Å². The Kier molecular flexibility index (Phi) is 6.52. The Hall–Kier alpha value is -2.08. The molecular formula is C23H35N3O3. The molecule has 1 aromatic rings. The van der Waals surface area contributed by atoms with E-state index in [1.807, 2.05) is 57.7 Å². The highest BCUT2D eigenvalue weighted by Gasteiger charge is 2.33. The molecule has 2 fully saturated rings. The first-order valence-corrected chi connectivity index (χ1v) is 10.7. The maximum Gasteiger partial charge on any atom is 0.407 e. The minimum absolute atomic E-state index is 0.138. The standard InChI is InChI=1S/C23H35N3O3/c1-16-7-6-8-17(2)20(16)21(27)25-13-10-19(11-14-25)26-12-9-18(15-26)24-22(28)29-23(3,4)5/h6-8,18-19H,9-15H2,1-5H3,(H,24,28)/t18-/m1/s1. The maximum atomic E-state index is 13.0. The lowest BCUT2D eigenvalue weighted by molar-refractivity contribution is 0.0496. The summed E-state index contributed by atoms with van der Waals surface area (Å²) in [4.78, 5) is 29.5. The third-order valence-corrected chi connectivity index (χ3v) is 5.90. The summed E-state index contributed by atoms with van der Waals surface area (Å²) in [6.45, 7) is 13.1. The number of hydrogen-bond acceptors (Lipinski definition) is 4. The molecule has 0 bridgehead atoms. The highest BCUT2D eigenvalue weighted by molar-refractivity contribution is 5.97. The lowest BCUT2D eigenvalue weighted by atomic mass is 9.98. The molecule has 1 N–H and O–H groups in total. The molecule has 2 amide bonds. The molecule has 160 valence electrons. The summed E-state index contributed by atoms with van der Waals surface area (Å²) in [5, 5.41) is 3.00. The Morgan fingerprint density at radius 1 is 1.03 bits per heavy atom. The lowest BCUT2D eigenvalue weighted by Crippen LogP contribution is -2.47. The molecule has 0 saturated carbocycles. The van der Waals surface area contributed by atoms with E-state index >= 15 is 0 Å². The van der Waals surface area contributed by atoms with Crippen LogP contribution in [0.5, 0.6) is 0 Å². The van der Waals surface area contributed by atoms with Crippen LogP contribution in [0.25, 0.3) is 0 Å². The number of carbonyl (C=O) groups is 2. The number of likely N-dealkylation sites (tertiary alicyclic amines) is 2. The van der Waals surface area contributed by atoms with E-state index in [2.05, 4.69) is 10.2 Å². The summed E-state index contributed by atoms with van der Waals surface area (Å²) in [6, 6.07) is 6.63. The molecule has 2 aliphatic rings. The van der Waals surface area contributed by atoms with Gasteiger partial charge in [0.1, 0.15) is 5.60 Å². The zero-order valence-corrected chi connectivity index (χ0v) is 18.5. The summed E-state index contributed by atoms with van der Waals surface area (Å²) in [5.74, 6) is 0.157. The Bertz CT molecular complexity index is 728. The van der Waals surface area contributed by atoms with Gasteiger partial charge >= 0.3 is 6.09 Å². The number of carbonyl (C=O) groups excluding carboxylic acids is 2. The van der Waals surface area contributed by atoms with Crippen LogP contribution in [0.1, 0.15) is 61.5 Å². The van der Waals surface area contributed by atoms with Crippen molar-refractivity contribution in [3.63, 3.8) is 0 Å². The largest absolute Gasteiger partial charge is 0.444 e. The van der Waals surface area contributed by atoms with E-state index in [-0.39, 0.29) is 18.0 Å². The molecule has 2 aliphatic heterocycles. The molecule has 2 heterocycles. The van der Waals surface area contributed by atoms with Gasteiger partial charge in [0.15, 0.2) is 0 Å². The van der Waals surface area contributed by atoms with Crippen molar-refractivity contribution < 1.29 is 14.3 Å². The molecule has 0 radical (unpaired) electrons. The van der Waals surface area contributed by atoms with Crippen molar-refractivity contribution in [1.29, 1.82) is 0 Å².